The third-order valence-corrected chi connectivity index (χ3v) is 5.29. The van der Waals surface area contributed by atoms with E-state index in [-0.39, 0.29) is 10.8 Å². The summed E-state index contributed by atoms with van der Waals surface area (Å²) in [4.78, 5) is 12.6. The average molecular weight is 393 g/mol. The van der Waals surface area contributed by atoms with Gasteiger partial charge in [-0.25, -0.2) is 4.79 Å². The van der Waals surface area contributed by atoms with Crippen molar-refractivity contribution in [3.63, 3.8) is 0 Å². The summed E-state index contributed by atoms with van der Waals surface area (Å²) < 4.78 is 34.5. The van der Waals surface area contributed by atoms with Crippen LogP contribution in [-0.2, 0) is 14.8 Å². The largest absolute Gasteiger partial charge is 0.402 e. The summed E-state index contributed by atoms with van der Waals surface area (Å²) >= 11 is 0. The maximum Gasteiger partial charge on any atom is 0.344 e. The van der Waals surface area contributed by atoms with E-state index >= 15 is 0 Å². The van der Waals surface area contributed by atoms with Gasteiger partial charge < -0.3 is 4.74 Å². The molecule has 0 aliphatic heterocycles. The van der Waals surface area contributed by atoms with Gasteiger partial charge in [-0.3, -0.25) is 0 Å². The minimum atomic E-state index is -4.04. The summed E-state index contributed by atoms with van der Waals surface area (Å²) in [6.07, 6.45) is 0. The van der Waals surface area contributed by atoms with Gasteiger partial charge in [-0.05, 0) is 50.2 Å². The molecule has 0 spiro atoms. The second kappa shape index (κ2) is 8.19. The molecule has 3 aromatic carbocycles. The fourth-order valence-corrected chi connectivity index (χ4v) is 3.38. The number of hydrogen-bond acceptors (Lipinski definition) is 4. The van der Waals surface area contributed by atoms with Gasteiger partial charge in [0.1, 0.15) is 0 Å². The van der Waals surface area contributed by atoms with Gasteiger partial charge in [-0.1, -0.05) is 53.6 Å². The van der Waals surface area contributed by atoms with Crippen molar-refractivity contribution >= 4 is 21.9 Å². The number of carbonyl (C=O) groups is 1. The zero-order chi connectivity index (χ0) is 20.1. The minimum absolute atomic E-state index is 0.0194. The first-order chi connectivity index (χ1) is 13.3. The Balaban J connectivity index is 2.01. The van der Waals surface area contributed by atoms with Crippen molar-refractivity contribution < 1.29 is 17.9 Å². The molecule has 142 valence electrons. The van der Waals surface area contributed by atoms with E-state index in [1.807, 2.05) is 13.8 Å². The molecule has 6 heteroatoms. The van der Waals surface area contributed by atoms with Crippen LogP contribution in [0.5, 0.6) is 0 Å². The number of esters is 1. The molecule has 0 saturated heterocycles. The van der Waals surface area contributed by atoms with Crippen molar-refractivity contribution in [1.29, 1.82) is 0 Å². The van der Waals surface area contributed by atoms with Crippen LogP contribution in [0.2, 0.25) is 0 Å². The summed E-state index contributed by atoms with van der Waals surface area (Å²) in [5, 5.41) is 0. The molecule has 0 heterocycles. The monoisotopic (exact) mass is 393 g/mol. The number of aryl methyl sites for hydroxylation is 2. The summed E-state index contributed by atoms with van der Waals surface area (Å²) in [5.41, 5.74) is 2.68. The van der Waals surface area contributed by atoms with Crippen LogP contribution in [0.3, 0.4) is 0 Å². The predicted molar refractivity (Wildman–Crippen MR) is 108 cm³/mol. The minimum Gasteiger partial charge on any atom is -0.402 e. The smallest absolute Gasteiger partial charge is 0.344 e. The maximum absolute atomic E-state index is 12.7. The predicted octanol–water partition coefficient (Wildman–Crippen LogP) is 4.30. The lowest BCUT2D eigenvalue weighted by atomic mass is 10.1. The molecule has 3 rings (SSSR count). The fraction of sp³-hybridized carbons (Fsp3) is 0.0909. The molecule has 0 fully saturated rings. The summed E-state index contributed by atoms with van der Waals surface area (Å²) in [5.74, 6) is -0.947. The number of hydrogen-bond donors (Lipinski definition) is 0. The molecule has 0 radical (unpaired) electrons. The van der Waals surface area contributed by atoms with Gasteiger partial charge in [0.2, 0.25) is 5.90 Å². The third kappa shape index (κ3) is 4.72. The lowest BCUT2D eigenvalue weighted by Crippen LogP contribution is -2.16. The third-order valence-electron chi connectivity index (χ3n) is 4.02. The van der Waals surface area contributed by atoms with Crippen LogP contribution in [0.15, 0.2) is 88.2 Å². The van der Waals surface area contributed by atoms with E-state index in [1.165, 1.54) is 12.1 Å². The van der Waals surface area contributed by atoms with Crippen molar-refractivity contribution in [1.82, 2.24) is 0 Å². The van der Waals surface area contributed by atoms with Crippen molar-refractivity contribution in [3.05, 3.63) is 101 Å². The van der Waals surface area contributed by atoms with E-state index in [4.69, 9.17) is 4.74 Å². The SMILES string of the molecule is Cc1ccc(C(=O)O/C(=N/S(=O)(=O)c2ccccc2)c2ccc(C)cc2)cc1. The van der Waals surface area contributed by atoms with E-state index in [1.54, 1.807) is 66.7 Å². The lowest BCUT2D eigenvalue weighted by Gasteiger charge is -2.09. The number of ether oxygens (including phenoxy) is 1. The zero-order valence-corrected chi connectivity index (χ0v) is 16.3. The lowest BCUT2D eigenvalue weighted by molar-refractivity contribution is 0.0718. The molecule has 0 atom stereocenters. The van der Waals surface area contributed by atoms with Crippen LogP contribution in [0, 0.1) is 13.8 Å². The molecule has 0 aromatic heterocycles. The Morgan fingerprint density at radius 1 is 0.750 bits per heavy atom. The van der Waals surface area contributed by atoms with Crippen molar-refractivity contribution in [2.75, 3.05) is 0 Å². The highest BCUT2D eigenvalue weighted by Gasteiger charge is 2.19. The van der Waals surface area contributed by atoms with Crippen LogP contribution in [-0.4, -0.2) is 20.3 Å². The van der Waals surface area contributed by atoms with Gasteiger partial charge in [0, 0.05) is 5.56 Å². The molecule has 0 aliphatic rings. The van der Waals surface area contributed by atoms with E-state index in [0.717, 1.165) is 11.1 Å². The molecule has 0 amide bonds. The Kier molecular flexibility index (Phi) is 5.70. The van der Waals surface area contributed by atoms with Gasteiger partial charge in [0.05, 0.1) is 10.5 Å². The van der Waals surface area contributed by atoms with Crippen molar-refractivity contribution in [2.45, 2.75) is 18.7 Å². The highest BCUT2D eigenvalue weighted by molar-refractivity contribution is 7.90. The molecule has 0 unspecified atom stereocenters. The van der Waals surface area contributed by atoms with Gasteiger partial charge in [0.25, 0.3) is 10.0 Å². The number of carbonyl (C=O) groups excluding carboxylic acids is 1. The standard InChI is InChI=1S/C22H19NO4S/c1-16-8-12-18(13-9-16)21(23-28(25,26)20-6-4-3-5-7-20)27-22(24)19-14-10-17(2)11-15-19/h3-15H,1-2H3/b23-21+. The second-order valence-corrected chi connectivity index (χ2v) is 7.91. The van der Waals surface area contributed by atoms with Crippen LogP contribution >= 0.6 is 0 Å². The fourth-order valence-electron chi connectivity index (χ4n) is 2.42. The molecular weight excluding hydrogens is 374 g/mol. The maximum atomic E-state index is 12.7. The first-order valence-electron chi connectivity index (χ1n) is 8.61. The van der Waals surface area contributed by atoms with Gasteiger partial charge in [-0.2, -0.15) is 8.42 Å². The second-order valence-electron chi connectivity index (χ2n) is 6.31. The summed E-state index contributed by atoms with van der Waals surface area (Å²) in [6, 6.07) is 21.5. The van der Waals surface area contributed by atoms with Crippen LogP contribution < -0.4 is 0 Å². The molecule has 0 N–H and O–H groups in total. The van der Waals surface area contributed by atoms with E-state index in [9.17, 15) is 13.2 Å². The Labute approximate surface area is 164 Å². The Morgan fingerprint density at radius 2 is 1.25 bits per heavy atom. The number of sulfonamides is 1. The molecule has 0 bridgehead atoms. The summed E-state index contributed by atoms with van der Waals surface area (Å²) in [7, 11) is -4.04. The Hall–Kier alpha value is -3.25. The highest BCUT2D eigenvalue weighted by Crippen LogP contribution is 2.16. The van der Waals surface area contributed by atoms with Gasteiger partial charge in [0.15, 0.2) is 0 Å². The molecule has 0 aliphatic carbocycles. The number of nitrogens with zero attached hydrogens (tertiary/aromatic N) is 1. The number of benzene rings is 3. The first-order valence-corrected chi connectivity index (χ1v) is 10.0. The molecule has 0 saturated carbocycles. The van der Waals surface area contributed by atoms with Crippen molar-refractivity contribution in [3.8, 4) is 0 Å². The Morgan fingerprint density at radius 3 is 1.79 bits per heavy atom. The van der Waals surface area contributed by atoms with Crippen molar-refractivity contribution in [2.24, 2.45) is 4.40 Å². The highest BCUT2D eigenvalue weighted by atomic mass is 32.2. The molecule has 5 nitrogen and oxygen atoms in total. The first kappa shape index (κ1) is 19.5. The van der Waals surface area contributed by atoms with Crippen LogP contribution in [0.4, 0.5) is 0 Å². The molecular formula is C22H19NO4S. The van der Waals surface area contributed by atoms with Crippen LogP contribution in [0.25, 0.3) is 0 Å². The number of rotatable bonds is 4. The zero-order valence-electron chi connectivity index (χ0n) is 15.5. The van der Waals surface area contributed by atoms with Gasteiger partial charge >= 0.3 is 5.97 Å². The normalized spacial score (nSPS) is 11.9. The van der Waals surface area contributed by atoms with E-state index in [2.05, 4.69) is 4.40 Å². The quantitative estimate of drug-likeness (QED) is 0.376. The van der Waals surface area contributed by atoms with Crippen LogP contribution in [0.1, 0.15) is 27.0 Å². The molecule has 3 aromatic rings. The van der Waals surface area contributed by atoms with E-state index < -0.39 is 16.0 Å². The van der Waals surface area contributed by atoms with E-state index in [0.29, 0.717) is 11.1 Å². The Bertz CT molecular complexity index is 1100. The van der Waals surface area contributed by atoms with Gasteiger partial charge in [-0.15, -0.1) is 4.40 Å². The summed E-state index contributed by atoms with van der Waals surface area (Å²) in [6.45, 7) is 3.81. The molecule has 28 heavy (non-hydrogen) atoms. The average Bonchev–Trinajstić information content (AvgIpc) is 2.69. The topological polar surface area (TPSA) is 72.8 Å².